The van der Waals surface area contributed by atoms with E-state index in [4.69, 9.17) is 10.8 Å². The monoisotopic (exact) mass is 175 g/mol. The Labute approximate surface area is 72.3 Å². The number of carboxylic acid groups (broad SMARTS) is 1. The molecule has 0 aliphatic rings. The molecule has 1 unspecified atom stereocenters. The van der Waals surface area contributed by atoms with E-state index in [0.29, 0.717) is 13.1 Å². The van der Waals surface area contributed by atoms with Crippen molar-refractivity contribution in [2.24, 2.45) is 5.73 Å². The molecule has 5 nitrogen and oxygen atoms in total. The van der Waals surface area contributed by atoms with E-state index >= 15 is 0 Å². The van der Waals surface area contributed by atoms with Crippen LogP contribution in [0.15, 0.2) is 0 Å². The highest BCUT2D eigenvalue weighted by Crippen LogP contribution is 1.78. The normalized spacial score (nSPS) is 12.8. The lowest BCUT2D eigenvalue weighted by atomic mass is 10.3. The summed E-state index contributed by atoms with van der Waals surface area (Å²) in [6.07, 6.45) is 0. The van der Waals surface area contributed by atoms with Gasteiger partial charge in [-0.3, -0.25) is 4.79 Å². The fourth-order valence-corrected chi connectivity index (χ4v) is 0.691. The lowest BCUT2D eigenvalue weighted by Gasteiger charge is -2.08. The summed E-state index contributed by atoms with van der Waals surface area (Å²) in [7, 11) is 0. The zero-order valence-corrected chi connectivity index (χ0v) is 7.34. The maximum absolute atomic E-state index is 10.3. The number of rotatable bonds is 7. The molecule has 0 rings (SSSR count). The van der Waals surface area contributed by atoms with Gasteiger partial charge < -0.3 is 21.5 Å². The Bertz CT molecular complexity index is 130. The summed E-state index contributed by atoms with van der Waals surface area (Å²) in [5.41, 5.74) is 5.24. The average Bonchev–Trinajstić information content (AvgIpc) is 2.03. The van der Waals surface area contributed by atoms with Crippen LogP contribution in [0.2, 0.25) is 0 Å². The molecule has 5 N–H and O–H groups in total. The van der Waals surface area contributed by atoms with Gasteiger partial charge in [-0.05, 0) is 6.92 Å². The smallest absolute Gasteiger partial charge is 0.320 e. The number of carbonyl (C=O) groups is 1. The van der Waals surface area contributed by atoms with Gasteiger partial charge in [0.2, 0.25) is 0 Å². The van der Waals surface area contributed by atoms with Crippen LogP contribution in [0.25, 0.3) is 0 Å². The summed E-state index contributed by atoms with van der Waals surface area (Å²) in [5.74, 6) is -0.825. The number of hydrogen-bond acceptors (Lipinski definition) is 4. The highest BCUT2D eigenvalue weighted by Gasteiger charge is 2.07. The van der Waals surface area contributed by atoms with Crippen molar-refractivity contribution in [1.29, 1.82) is 0 Å². The molecule has 5 heteroatoms. The van der Waals surface area contributed by atoms with Crippen LogP contribution >= 0.6 is 0 Å². The molecule has 0 aromatic carbocycles. The fraction of sp³-hybridized carbons (Fsp3) is 0.857. The quantitative estimate of drug-likeness (QED) is 0.357. The van der Waals surface area contributed by atoms with Gasteiger partial charge in [-0.2, -0.15) is 0 Å². The summed E-state index contributed by atoms with van der Waals surface area (Å²) in [6, 6.07) is -0.482. The molecule has 0 radical (unpaired) electrons. The van der Waals surface area contributed by atoms with E-state index in [2.05, 4.69) is 10.6 Å². The van der Waals surface area contributed by atoms with E-state index in [9.17, 15) is 4.79 Å². The predicted molar refractivity (Wildman–Crippen MR) is 47.0 cm³/mol. The first-order valence-corrected chi connectivity index (χ1v) is 4.05. The standard InChI is InChI=1S/C7H17N3O2/c1-6(7(11)12)10-5-4-9-3-2-8/h6,9-10H,2-5,8H2,1H3,(H,11,12). The highest BCUT2D eigenvalue weighted by atomic mass is 16.4. The van der Waals surface area contributed by atoms with Crippen LogP contribution in [-0.4, -0.2) is 43.3 Å². The number of nitrogens with two attached hydrogens (primary N) is 1. The second-order valence-electron chi connectivity index (χ2n) is 2.55. The molecule has 0 spiro atoms. The molecule has 72 valence electrons. The maximum atomic E-state index is 10.3. The summed E-state index contributed by atoms with van der Waals surface area (Å²) in [6.45, 7) is 4.38. The third-order valence-corrected chi connectivity index (χ3v) is 1.44. The molecule has 0 saturated heterocycles. The summed E-state index contributed by atoms with van der Waals surface area (Å²) >= 11 is 0. The first kappa shape index (κ1) is 11.4. The van der Waals surface area contributed by atoms with E-state index in [1.807, 2.05) is 0 Å². The van der Waals surface area contributed by atoms with Crippen molar-refractivity contribution in [3.63, 3.8) is 0 Å². The van der Waals surface area contributed by atoms with Gasteiger partial charge in [-0.1, -0.05) is 0 Å². The van der Waals surface area contributed by atoms with Crippen molar-refractivity contribution >= 4 is 5.97 Å². The predicted octanol–water partition coefficient (Wildman–Crippen LogP) is -1.40. The van der Waals surface area contributed by atoms with Gasteiger partial charge in [0.15, 0.2) is 0 Å². The molecular weight excluding hydrogens is 158 g/mol. The molecule has 0 aromatic rings. The first-order chi connectivity index (χ1) is 5.68. The molecule has 0 amide bonds. The second-order valence-corrected chi connectivity index (χ2v) is 2.55. The fourth-order valence-electron chi connectivity index (χ4n) is 0.691. The van der Waals surface area contributed by atoms with Crippen LogP contribution in [0.1, 0.15) is 6.92 Å². The topological polar surface area (TPSA) is 87.4 Å². The number of nitrogens with one attached hydrogen (secondary N) is 2. The lowest BCUT2D eigenvalue weighted by Crippen LogP contribution is -2.38. The Morgan fingerprint density at radius 2 is 2.17 bits per heavy atom. The van der Waals surface area contributed by atoms with E-state index in [-0.39, 0.29) is 0 Å². The molecular formula is C7H17N3O2. The Balaban J connectivity index is 3.14. The van der Waals surface area contributed by atoms with E-state index in [1.165, 1.54) is 0 Å². The summed E-state index contributed by atoms with van der Waals surface area (Å²) < 4.78 is 0. The minimum atomic E-state index is -0.825. The Morgan fingerprint density at radius 3 is 2.67 bits per heavy atom. The van der Waals surface area contributed by atoms with Gasteiger partial charge in [0.05, 0.1) is 0 Å². The molecule has 0 heterocycles. The van der Waals surface area contributed by atoms with Crippen molar-refractivity contribution in [2.75, 3.05) is 26.2 Å². The average molecular weight is 175 g/mol. The summed E-state index contributed by atoms with van der Waals surface area (Å²) in [4.78, 5) is 10.3. The zero-order valence-electron chi connectivity index (χ0n) is 7.34. The Kier molecular flexibility index (Phi) is 6.64. The van der Waals surface area contributed by atoms with Gasteiger partial charge >= 0.3 is 5.97 Å². The third kappa shape index (κ3) is 6.09. The molecule has 12 heavy (non-hydrogen) atoms. The number of aliphatic carboxylic acids is 1. The maximum Gasteiger partial charge on any atom is 0.320 e. The van der Waals surface area contributed by atoms with Crippen molar-refractivity contribution < 1.29 is 9.90 Å². The largest absolute Gasteiger partial charge is 0.480 e. The zero-order chi connectivity index (χ0) is 9.40. The van der Waals surface area contributed by atoms with Gasteiger partial charge in [0.25, 0.3) is 0 Å². The molecule has 0 aromatic heterocycles. The molecule has 0 bridgehead atoms. The number of hydrogen-bond donors (Lipinski definition) is 4. The van der Waals surface area contributed by atoms with Gasteiger partial charge in [0.1, 0.15) is 6.04 Å². The van der Waals surface area contributed by atoms with Crippen LogP contribution in [0, 0.1) is 0 Å². The molecule has 1 atom stereocenters. The van der Waals surface area contributed by atoms with Crippen molar-refractivity contribution in [2.45, 2.75) is 13.0 Å². The molecule has 0 aliphatic heterocycles. The molecule has 0 aliphatic carbocycles. The number of carboxylic acids is 1. The van der Waals surface area contributed by atoms with Gasteiger partial charge in [-0.15, -0.1) is 0 Å². The van der Waals surface area contributed by atoms with Crippen LogP contribution in [0.3, 0.4) is 0 Å². The molecule has 0 fully saturated rings. The van der Waals surface area contributed by atoms with Crippen LogP contribution in [0.5, 0.6) is 0 Å². The lowest BCUT2D eigenvalue weighted by molar-refractivity contribution is -0.138. The third-order valence-electron chi connectivity index (χ3n) is 1.44. The van der Waals surface area contributed by atoms with Crippen molar-refractivity contribution in [3.05, 3.63) is 0 Å². The Hall–Kier alpha value is -0.650. The van der Waals surface area contributed by atoms with Crippen LogP contribution in [-0.2, 0) is 4.79 Å². The van der Waals surface area contributed by atoms with E-state index in [0.717, 1.165) is 13.1 Å². The highest BCUT2D eigenvalue weighted by molar-refractivity contribution is 5.72. The van der Waals surface area contributed by atoms with E-state index < -0.39 is 12.0 Å². The van der Waals surface area contributed by atoms with Crippen LogP contribution < -0.4 is 16.4 Å². The first-order valence-electron chi connectivity index (χ1n) is 4.05. The van der Waals surface area contributed by atoms with E-state index in [1.54, 1.807) is 6.92 Å². The van der Waals surface area contributed by atoms with Crippen molar-refractivity contribution in [1.82, 2.24) is 10.6 Å². The minimum absolute atomic E-state index is 0.482. The molecule has 0 saturated carbocycles. The second kappa shape index (κ2) is 7.02. The van der Waals surface area contributed by atoms with Crippen LogP contribution in [0.4, 0.5) is 0 Å². The minimum Gasteiger partial charge on any atom is -0.480 e. The summed E-state index contributed by atoms with van der Waals surface area (Å²) in [5, 5.41) is 14.4. The van der Waals surface area contributed by atoms with Crippen molar-refractivity contribution in [3.8, 4) is 0 Å². The van der Waals surface area contributed by atoms with Gasteiger partial charge in [-0.25, -0.2) is 0 Å². The van der Waals surface area contributed by atoms with Gasteiger partial charge in [0, 0.05) is 26.2 Å². The Morgan fingerprint density at radius 1 is 1.50 bits per heavy atom. The SMILES string of the molecule is CC(NCCNCCN)C(=O)O.